The Balaban J connectivity index is 0.00000210. The summed E-state index contributed by atoms with van der Waals surface area (Å²) in [7, 11) is 0. The average molecular weight is 489 g/mol. The SMILES string of the molecule is I.NC(=NCC1C2Cc3ccccc3C12)Nc1ccc(OC(F)(F)F)cc1. The highest BCUT2D eigenvalue weighted by Crippen LogP contribution is 2.61. The van der Waals surface area contributed by atoms with E-state index in [2.05, 4.69) is 39.3 Å². The van der Waals surface area contributed by atoms with Gasteiger partial charge in [0.05, 0.1) is 0 Å². The van der Waals surface area contributed by atoms with Crippen LogP contribution in [0.2, 0.25) is 0 Å². The van der Waals surface area contributed by atoms with Crippen molar-refractivity contribution in [2.75, 3.05) is 11.9 Å². The van der Waals surface area contributed by atoms with Gasteiger partial charge in [-0.15, -0.1) is 37.1 Å². The number of nitrogens with one attached hydrogen (secondary N) is 1. The summed E-state index contributed by atoms with van der Waals surface area (Å²) in [5.74, 6) is 1.74. The first-order valence-electron chi connectivity index (χ1n) is 8.41. The van der Waals surface area contributed by atoms with Crippen molar-refractivity contribution < 1.29 is 17.9 Å². The van der Waals surface area contributed by atoms with Gasteiger partial charge in [0.15, 0.2) is 5.96 Å². The maximum absolute atomic E-state index is 12.1. The fraction of sp³-hybridized carbons (Fsp3) is 0.316. The zero-order valence-corrected chi connectivity index (χ0v) is 16.6. The van der Waals surface area contributed by atoms with Gasteiger partial charge in [-0.25, -0.2) is 0 Å². The summed E-state index contributed by atoms with van der Waals surface area (Å²) in [5.41, 5.74) is 9.33. The first-order valence-corrected chi connectivity index (χ1v) is 8.41. The molecule has 0 amide bonds. The van der Waals surface area contributed by atoms with Gasteiger partial charge < -0.3 is 15.8 Å². The third-order valence-electron chi connectivity index (χ3n) is 5.03. The minimum Gasteiger partial charge on any atom is -0.406 e. The summed E-state index contributed by atoms with van der Waals surface area (Å²) in [5, 5.41) is 2.89. The van der Waals surface area contributed by atoms with E-state index in [-0.39, 0.29) is 35.7 Å². The summed E-state index contributed by atoms with van der Waals surface area (Å²) in [4.78, 5) is 4.39. The topological polar surface area (TPSA) is 59.6 Å². The van der Waals surface area contributed by atoms with E-state index in [1.165, 1.54) is 35.4 Å². The summed E-state index contributed by atoms with van der Waals surface area (Å²) in [6.45, 7) is 0.651. The van der Waals surface area contributed by atoms with Gasteiger partial charge in [0.25, 0.3) is 0 Å². The van der Waals surface area contributed by atoms with Crippen molar-refractivity contribution in [3.63, 3.8) is 0 Å². The molecule has 2 aromatic rings. The van der Waals surface area contributed by atoms with Gasteiger partial charge in [-0.05, 0) is 59.6 Å². The predicted octanol–water partition coefficient (Wildman–Crippen LogP) is 4.52. The van der Waals surface area contributed by atoms with E-state index in [0.717, 1.165) is 6.42 Å². The van der Waals surface area contributed by atoms with Crippen LogP contribution in [0.3, 0.4) is 0 Å². The minimum absolute atomic E-state index is 0. The standard InChI is InChI=1S/C19H18F3N3O.HI/c20-19(21,22)26-13-7-5-12(6-8-13)25-18(23)24-10-16-15-9-11-3-1-2-4-14(11)17(15)16;/h1-8,15-17H,9-10H2,(H3,23,24,25);1H. The van der Waals surface area contributed by atoms with Crippen molar-refractivity contribution >= 4 is 35.6 Å². The van der Waals surface area contributed by atoms with Crippen molar-refractivity contribution in [1.29, 1.82) is 0 Å². The van der Waals surface area contributed by atoms with Crippen LogP contribution in [-0.2, 0) is 6.42 Å². The summed E-state index contributed by atoms with van der Waals surface area (Å²) < 4.78 is 40.3. The van der Waals surface area contributed by atoms with Crippen LogP contribution in [0.1, 0.15) is 17.0 Å². The number of aliphatic imine (C=N–C) groups is 1. The molecule has 2 aliphatic carbocycles. The minimum atomic E-state index is -4.70. The summed E-state index contributed by atoms with van der Waals surface area (Å²) in [6, 6.07) is 13.9. The molecule has 0 aliphatic heterocycles. The van der Waals surface area contributed by atoms with Crippen LogP contribution < -0.4 is 15.8 Å². The maximum Gasteiger partial charge on any atom is 0.573 e. The lowest BCUT2D eigenvalue weighted by atomic mass is 10.0. The highest BCUT2D eigenvalue weighted by Gasteiger charge is 2.54. The molecule has 144 valence electrons. The Hall–Kier alpha value is -1.97. The molecule has 8 heteroatoms. The van der Waals surface area contributed by atoms with E-state index in [1.807, 2.05) is 0 Å². The fourth-order valence-corrected chi connectivity index (χ4v) is 3.86. The summed E-state index contributed by atoms with van der Waals surface area (Å²) in [6.07, 6.45) is -3.59. The molecule has 4 rings (SSSR count). The van der Waals surface area contributed by atoms with Crippen LogP contribution in [0.15, 0.2) is 53.5 Å². The molecule has 3 unspecified atom stereocenters. The number of guanidine groups is 1. The second kappa shape index (κ2) is 7.57. The Kier molecular flexibility index (Phi) is 5.55. The number of nitrogens with zero attached hydrogens (tertiary/aromatic N) is 1. The van der Waals surface area contributed by atoms with Crippen LogP contribution in [0.4, 0.5) is 18.9 Å². The third-order valence-corrected chi connectivity index (χ3v) is 5.03. The number of hydrogen-bond acceptors (Lipinski definition) is 2. The molecule has 1 saturated carbocycles. The van der Waals surface area contributed by atoms with Crippen LogP contribution in [-0.4, -0.2) is 18.9 Å². The quantitative estimate of drug-likeness (QED) is 0.378. The lowest BCUT2D eigenvalue weighted by Gasteiger charge is -2.10. The Labute approximate surface area is 172 Å². The average Bonchev–Trinajstić information content (AvgIpc) is 3.12. The van der Waals surface area contributed by atoms with E-state index < -0.39 is 6.36 Å². The molecular formula is C19H19F3IN3O. The second-order valence-electron chi connectivity index (χ2n) is 6.68. The molecule has 2 aromatic carbocycles. The van der Waals surface area contributed by atoms with Crippen molar-refractivity contribution in [3.8, 4) is 5.75 Å². The van der Waals surface area contributed by atoms with Gasteiger partial charge in [-0.2, -0.15) is 0 Å². The molecule has 0 heterocycles. The first kappa shape index (κ1) is 19.8. The number of ether oxygens (including phenoxy) is 1. The van der Waals surface area contributed by atoms with Gasteiger partial charge in [-0.1, -0.05) is 24.3 Å². The normalized spacial score (nSPS) is 23.1. The second-order valence-corrected chi connectivity index (χ2v) is 6.68. The third kappa shape index (κ3) is 4.48. The first-order chi connectivity index (χ1) is 12.4. The monoisotopic (exact) mass is 489 g/mol. The molecule has 0 bridgehead atoms. The van der Waals surface area contributed by atoms with Crippen LogP contribution in [0.25, 0.3) is 0 Å². The van der Waals surface area contributed by atoms with Crippen molar-refractivity contribution in [2.45, 2.75) is 18.7 Å². The lowest BCUT2D eigenvalue weighted by Crippen LogP contribution is -2.23. The fourth-order valence-electron chi connectivity index (χ4n) is 3.86. The highest BCUT2D eigenvalue weighted by atomic mass is 127. The molecule has 27 heavy (non-hydrogen) atoms. The Morgan fingerprint density at radius 3 is 2.56 bits per heavy atom. The van der Waals surface area contributed by atoms with Crippen LogP contribution in [0, 0.1) is 11.8 Å². The maximum atomic E-state index is 12.1. The number of rotatable bonds is 4. The van der Waals surface area contributed by atoms with E-state index >= 15 is 0 Å². The van der Waals surface area contributed by atoms with Gasteiger partial charge in [0.2, 0.25) is 0 Å². The van der Waals surface area contributed by atoms with E-state index in [1.54, 1.807) is 0 Å². The molecule has 0 radical (unpaired) electrons. The number of fused-ring (bicyclic) bond motifs is 3. The number of alkyl halides is 3. The lowest BCUT2D eigenvalue weighted by molar-refractivity contribution is -0.274. The molecular weight excluding hydrogens is 470 g/mol. The van der Waals surface area contributed by atoms with Gasteiger partial charge in [0.1, 0.15) is 5.75 Å². The van der Waals surface area contributed by atoms with Crippen LogP contribution >= 0.6 is 24.0 Å². The van der Waals surface area contributed by atoms with Crippen molar-refractivity contribution in [1.82, 2.24) is 0 Å². The number of benzene rings is 2. The summed E-state index contributed by atoms with van der Waals surface area (Å²) >= 11 is 0. The Morgan fingerprint density at radius 2 is 1.85 bits per heavy atom. The van der Waals surface area contributed by atoms with E-state index in [4.69, 9.17) is 5.73 Å². The molecule has 0 aromatic heterocycles. The smallest absolute Gasteiger partial charge is 0.406 e. The molecule has 0 spiro atoms. The largest absolute Gasteiger partial charge is 0.573 e. The van der Waals surface area contributed by atoms with Crippen molar-refractivity contribution in [3.05, 3.63) is 59.7 Å². The zero-order chi connectivity index (χ0) is 18.3. The number of anilines is 1. The molecule has 0 saturated heterocycles. The number of nitrogens with two attached hydrogens (primary N) is 1. The van der Waals surface area contributed by atoms with E-state index in [9.17, 15) is 13.2 Å². The van der Waals surface area contributed by atoms with Gasteiger partial charge >= 0.3 is 6.36 Å². The molecule has 2 aliphatic rings. The highest BCUT2D eigenvalue weighted by molar-refractivity contribution is 14.0. The molecule has 3 N–H and O–H groups in total. The molecule has 4 nitrogen and oxygen atoms in total. The van der Waals surface area contributed by atoms with Gasteiger partial charge in [0, 0.05) is 12.2 Å². The number of halogens is 4. The number of hydrogen-bond donors (Lipinski definition) is 2. The zero-order valence-electron chi connectivity index (χ0n) is 14.2. The molecule has 1 fully saturated rings. The van der Waals surface area contributed by atoms with Crippen LogP contribution in [0.5, 0.6) is 5.75 Å². The van der Waals surface area contributed by atoms with Gasteiger partial charge in [-0.3, -0.25) is 4.99 Å². The Morgan fingerprint density at radius 1 is 1.15 bits per heavy atom. The molecule has 3 atom stereocenters. The Bertz CT molecular complexity index is 839. The van der Waals surface area contributed by atoms with E-state index in [0.29, 0.717) is 30.0 Å². The van der Waals surface area contributed by atoms with Crippen molar-refractivity contribution in [2.24, 2.45) is 22.6 Å². The predicted molar refractivity (Wildman–Crippen MR) is 109 cm³/mol.